The number of aliphatic hydroxyl groups excluding tert-OH is 1. The first-order valence-corrected chi connectivity index (χ1v) is 10.9. The topological polar surface area (TPSA) is 20.2 Å². The zero-order valence-corrected chi connectivity index (χ0v) is 19.1. The van der Waals surface area contributed by atoms with Crippen LogP contribution in [0.4, 0.5) is 13.2 Å². The molecule has 4 atom stereocenters. The monoisotopic (exact) mass is 459 g/mol. The summed E-state index contributed by atoms with van der Waals surface area (Å²) in [5, 5.41) is 10.3. The summed E-state index contributed by atoms with van der Waals surface area (Å²) in [6.07, 6.45) is 9.67. The molecule has 0 aromatic carbocycles. The van der Waals surface area contributed by atoms with Gasteiger partial charge in [0.15, 0.2) is 0 Å². The summed E-state index contributed by atoms with van der Waals surface area (Å²) in [6, 6.07) is 0. The Morgan fingerprint density at radius 1 is 0.778 bits per heavy atom. The van der Waals surface area contributed by atoms with Gasteiger partial charge in [0.2, 0.25) is 0 Å². The summed E-state index contributed by atoms with van der Waals surface area (Å²) in [5.41, 5.74) is 1.25. The Morgan fingerprint density at radius 2 is 1.33 bits per heavy atom. The summed E-state index contributed by atoms with van der Waals surface area (Å²) in [4.78, 5) is 0. The molecule has 3 fully saturated rings. The Bertz CT molecular complexity index is 520. The van der Waals surface area contributed by atoms with Crippen molar-refractivity contribution in [3.63, 3.8) is 0 Å². The number of allylic oxidation sites excluding steroid dienone is 1. The first-order valence-electron chi connectivity index (χ1n) is 10.9. The van der Waals surface area contributed by atoms with Crippen LogP contribution >= 0.6 is 0 Å². The van der Waals surface area contributed by atoms with Gasteiger partial charge in [-0.2, -0.15) is 13.2 Å². The van der Waals surface area contributed by atoms with E-state index >= 15 is 0 Å². The van der Waals surface area contributed by atoms with Crippen LogP contribution in [-0.2, 0) is 32.7 Å². The van der Waals surface area contributed by atoms with Crippen LogP contribution < -0.4 is 0 Å². The van der Waals surface area contributed by atoms with Gasteiger partial charge in [0.25, 0.3) is 0 Å². The molecule has 0 spiro atoms. The van der Waals surface area contributed by atoms with Crippen molar-refractivity contribution >= 4 is 0 Å². The quantitative estimate of drug-likeness (QED) is 0.494. The molecule has 1 N–H and O–H groups in total. The number of alkyl halides is 3. The van der Waals surface area contributed by atoms with Gasteiger partial charge in [-0.1, -0.05) is 11.6 Å². The summed E-state index contributed by atoms with van der Waals surface area (Å²) in [7, 11) is 0. The molecule has 5 heteroatoms. The van der Waals surface area contributed by atoms with Gasteiger partial charge in [-0.15, -0.1) is 0 Å². The van der Waals surface area contributed by atoms with Crippen LogP contribution in [0.3, 0.4) is 0 Å². The second-order valence-electron chi connectivity index (χ2n) is 9.55. The van der Waals surface area contributed by atoms with E-state index in [0.29, 0.717) is 6.42 Å². The molecule has 0 aromatic heterocycles. The fourth-order valence-electron chi connectivity index (χ4n) is 6.17. The number of rotatable bonds is 3. The van der Waals surface area contributed by atoms with Gasteiger partial charge in [-0.3, -0.25) is 0 Å². The molecule has 4 aliphatic carbocycles. The predicted octanol–water partition coefficient (Wildman–Crippen LogP) is 6.27. The van der Waals surface area contributed by atoms with E-state index in [0.717, 1.165) is 36.5 Å². The maximum atomic E-state index is 12.9. The molecule has 0 amide bonds. The minimum atomic E-state index is -4.16. The first-order chi connectivity index (χ1) is 12.4. The Balaban J connectivity index is 0.00000210. The van der Waals surface area contributed by atoms with E-state index in [2.05, 4.69) is 6.08 Å². The maximum Gasteiger partial charge on any atom is 0.391 e. The third-order valence-electron chi connectivity index (χ3n) is 8.01. The third kappa shape index (κ3) is 5.40. The molecule has 4 rings (SSSR count). The van der Waals surface area contributed by atoms with Crippen LogP contribution in [0.1, 0.15) is 77.0 Å². The van der Waals surface area contributed by atoms with Crippen molar-refractivity contribution in [3.05, 3.63) is 11.6 Å². The molecule has 0 aliphatic heterocycles. The van der Waals surface area contributed by atoms with Crippen molar-refractivity contribution in [2.24, 2.45) is 35.5 Å². The summed E-state index contributed by atoms with van der Waals surface area (Å²) < 4.78 is 38.7. The van der Waals surface area contributed by atoms with E-state index < -0.39 is 18.2 Å². The minimum absolute atomic E-state index is 0. The number of halogens is 3. The zero-order valence-electron chi connectivity index (χ0n) is 16.3. The second-order valence-corrected chi connectivity index (χ2v) is 9.55. The molecular formula is C22H33F3OY. The largest absolute Gasteiger partial charge is 0.392 e. The van der Waals surface area contributed by atoms with E-state index in [4.69, 9.17) is 0 Å². The summed E-state index contributed by atoms with van der Waals surface area (Å²) >= 11 is 0. The molecular weight excluding hydrogens is 426 g/mol. The number of hydrogen-bond acceptors (Lipinski definition) is 1. The Hall–Kier alpha value is 0.594. The van der Waals surface area contributed by atoms with Gasteiger partial charge < -0.3 is 5.11 Å². The van der Waals surface area contributed by atoms with Crippen LogP contribution in [0.2, 0.25) is 0 Å². The van der Waals surface area contributed by atoms with Crippen LogP contribution in [-0.4, -0.2) is 17.4 Å². The van der Waals surface area contributed by atoms with Gasteiger partial charge in [0.1, 0.15) is 0 Å². The van der Waals surface area contributed by atoms with Crippen molar-refractivity contribution in [1.29, 1.82) is 0 Å². The molecule has 27 heavy (non-hydrogen) atoms. The fraction of sp³-hybridized carbons (Fsp3) is 0.909. The van der Waals surface area contributed by atoms with Crippen molar-refractivity contribution in [2.75, 3.05) is 0 Å². The minimum Gasteiger partial charge on any atom is -0.392 e. The second kappa shape index (κ2) is 9.17. The molecule has 0 bridgehead atoms. The summed E-state index contributed by atoms with van der Waals surface area (Å²) in [6.45, 7) is 0. The van der Waals surface area contributed by atoms with Crippen LogP contribution in [0, 0.1) is 35.5 Å². The van der Waals surface area contributed by atoms with E-state index in [9.17, 15) is 18.3 Å². The Labute approximate surface area is 186 Å². The molecule has 1 radical (unpaired) electrons. The predicted molar refractivity (Wildman–Crippen MR) is 96.5 cm³/mol. The Kier molecular flexibility index (Phi) is 7.57. The van der Waals surface area contributed by atoms with Gasteiger partial charge in [-0.05, 0) is 101 Å². The fourth-order valence-corrected chi connectivity index (χ4v) is 6.17. The smallest absolute Gasteiger partial charge is 0.391 e. The Morgan fingerprint density at radius 3 is 1.78 bits per heavy atom. The van der Waals surface area contributed by atoms with Gasteiger partial charge in [0.05, 0.1) is 12.0 Å². The van der Waals surface area contributed by atoms with E-state index in [1.165, 1.54) is 50.5 Å². The van der Waals surface area contributed by atoms with Crippen LogP contribution in [0.5, 0.6) is 0 Å². The average Bonchev–Trinajstić information content (AvgIpc) is 3.46. The van der Waals surface area contributed by atoms with Gasteiger partial charge in [0, 0.05) is 38.6 Å². The van der Waals surface area contributed by atoms with E-state index in [1.54, 1.807) is 0 Å². The molecule has 0 heterocycles. The molecule has 0 aromatic rings. The zero-order chi connectivity index (χ0) is 18.3. The van der Waals surface area contributed by atoms with Gasteiger partial charge >= 0.3 is 6.18 Å². The number of aliphatic hydroxyl groups is 1. The average molecular weight is 459 g/mol. The molecule has 1 nitrogen and oxygen atoms in total. The van der Waals surface area contributed by atoms with Crippen molar-refractivity contribution in [3.8, 4) is 0 Å². The molecule has 3 saturated carbocycles. The maximum absolute atomic E-state index is 12.9. The molecule has 0 saturated heterocycles. The first kappa shape index (κ1) is 22.3. The molecule has 4 aliphatic rings. The van der Waals surface area contributed by atoms with E-state index in [-0.39, 0.29) is 51.5 Å². The number of hydrogen-bond donors (Lipinski definition) is 1. The summed E-state index contributed by atoms with van der Waals surface area (Å²) in [5.74, 6) is 2.32. The van der Waals surface area contributed by atoms with E-state index in [1.807, 2.05) is 0 Å². The normalized spacial score (nSPS) is 40.8. The van der Waals surface area contributed by atoms with Crippen LogP contribution in [0.15, 0.2) is 11.6 Å². The molecule has 151 valence electrons. The molecule has 4 unspecified atom stereocenters. The standard InChI is InChI=1S/C22H33F3O.Y/c23-22(24,25)19-11-12-20(21(26)13-19)18-9-7-17(8-10-18)16-5-3-15(4-6-16)14-1-2-14;/h9,14-17,19-21,26H,1-8,10-13H2;. The third-order valence-corrected chi connectivity index (χ3v) is 8.01. The van der Waals surface area contributed by atoms with Crippen molar-refractivity contribution in [2.45, 2.75) is 89.3 Å². The van der Waals surface area contributed by atoms with Crippen molar-refractivity contribution < 1.29 is 51.0 Å². The van der Waals surface area contributed by atoms with Crippen LogP contribution in [0.25, 0.3) is 0 Å². The SMILES string of the molecule is OC1CC(C(F)(F)F)CCC1C1=CCC(C2CCC(C3CC3)CC2)CC1.[Y]. The van der Waals surface area contributed by atoms with Gasteiger partial charge in [-0.25, -0.2) is 0 Å². The van der Waals surface area contributed by atoms with Crippen molar-refractivity contribution in [1.82, 2.24) is 0 Å².